The van der Waals surface area contributed by atoms with Gasteiger partial charge < -0.3 is 34.5 Å². The number of aromatic nitrogens is 2. The van der Waals surface area contributed by atoms with E-state index in [1.165, 1.54) is 48.5 Å². The first kappa shape index (κ1) is 23.6. The number of H-pyrrole nitrogens is 1. The molecule has 8 nitrogen and oxygen atoms in total. The summed E-state index contributed by atoms with van der Waals surface area (Å²) in [5, 5.41) is 30.1. The molecule has 4 N–H and O–H groups in total. The lowest BCUT2D eigenvalue weighted by atomic mass is 9.95. The van der Waals surface area contributed by atoms with Crippen LogP contribution in [0.4, 0.5) is 13.2 Å². The summed E-state index contributed by atoms with van der Waals surface area (Å²) in [6.45, 7) is 0.275. The summed E-state index contributed by atoms with van der Waals surface area (Å²) < 4.78 is 59.0. The highest BCUT2D eigenvalue weighted by Gasteiger charge is 2.48. The molecular formula is C26H21F3N2O6. The number of aromatic hydroxyl groups is 2. The second-order valence-electron chi connectivity index (χ2n) is 9.02. The van der Waals surface area contributed by atoms with Crippen LogP contribution in [0.25, 0.3) is 33.3 Å². The zero-order chi connectivity index (χ0) is 25.9. The Bertz CT molecular complexity index is 1450. The number of nitrogens with zero attached hydrogens (tertiary/aromatic N) is 1. The monoisotopic (exact) mass is 514 g/mol. The van der Waals surface area contributed by atoms with Gasteiger partial charge in [-0.1, -0.05) is 30.3 Å². The Labute approximate surface area is 207 Å². The van der Waals surface area contributed by atoms with Crippen LogP contribution in [0, 0.1) is 0 Å². The molecule has 2 aliphatic heterocycles. The molecule has 2 saturated heterocycles. The Hall–Kier alpha value is -3.80. The van der Waals surface area contributed by atoms with Gasteiger partial charge >= 0.3 is 6.18 Å². The molecule has 3 aromatic carbocycles. The molecule has 0 spiro atoms. The number of aliphatic hydroxyl groups is 1. The number of fused-ring (bicyclic) bond motifs is 2. The Morgan fingerprint density at radius 2 is 1.59 bits per heavy atom. The summed E-state index contributed by atoms with van der Waals surface area (Å²) in [5.74, 6) is -0.295. The van der Waals surface area contributed by atoms with Crippen molar-refractivity contribution in [1.29, 1.82) is 0 Å². The minimum absolute atomic E-state index is 0.0184. The van der Waals surface area contributed by atoms with Crippen molar-refractivity contribution in [2.24, 2.45) is 0 Å². The van der Waals surface area contributed by atoms with Crippen LogP contribution in [0.2, 0.25) is 0 Å². The van der Waals surface area contributed by atoms with Crippen molar-refractivity contribution in [1.82, 2.24) is 9.97 Å². The molecule has 2 aliphatic rings. The second kappa shape index (κ2) is 8.65. The second-order valence-corrected chi connectivity index (χ2v) is 9.02. The molecule has 3 heterocycles. The van der Waals surface area contributed by atoms with Gasteiger partial charge in [0.25, 0.3) is 6.01 Å². The minimum atomic E-state index is -4.65. The zero-order valence-electron chi connectivity index (χ0n) is 19.1. The molecule has 4 aromatic rings. The fraction of sp³-hybridized carbons (Fsp3) is 0.269. The van der Waals surface area contributed by atoms with E-state index in [0.29, 0.717) is 5.56 Å². The van der Waals surface area contributed by atoms with E-state index in [4.69, 9.17) is 14.2 Å². The summed E-state index contributed by atoms with van der Waals surface area (Å²) in [5.41, 5.74) is 0.372. The highest BCUT2D eigenvalue weighted by Crippen LogP contribution is 2.42. The minimum Gasteiger partial charge on any atom is -0.507 e. The van der Waals surface area contributed by atoms with Crippen molar-refractivity contribution < 1.29 is 42.7 Å². The van der Waals surface area contributed by atoms with E-state index in [1.807, 2.05) is 0 Å². The number of rotatable bonds is 4. The maximum atomic E-state index is 14.0. The maximum absolute atomic E-state index is 14.0. The number of aromatic amines is 1. The van der Waals surface area contributed by atoms with Crippen molar-refractivity contribution in [3.05, 3.63) is 60.2 Å². The summed E-state index contributed by atoms with van der Waals surface area (Å²) in [6.07, 6.45) is -6.98. The van der Waals surface area contributed by atoms with Crippen LogP contribution in [-0.2, 0) is 15.7 Å². The SMILES string of the molecule is Oc1cccc(O)c1-c1ccc(-c2cc3nc(O[C@@H]4CO[C@H]5[C@@H]4OC[C@H]5O)[nH]c3cc2C(F)(F)F)cc1. The molecule has 6 rings (SSSR count). The number of benzene rings is 3. The number of imidazole rings is 1. The molecule has 0 radical (unpaired) electrons. The standard InChI is InChI=1S/C26H21F3N2O6/c27-26(28,29)15-9-17-16(30-25(31-17)37-21-11-36-23-20(34)10-35-24(21)23)8-14(15)12-4-6-13(7-5-12)22-18(32)2-1-3-19(22)33/h1-9,20-21,23-24,32-34H,10-11H2,(H,30,31)/t20-,21-,23-,24-/m1/s1. The summed E-state index contributed by atoms with van der Waals surface area (Å²) in [7, 11) is 0. The van der Waals surface area contributed by atoms with Gasteiger partial charge in [-0.15, -0.1) is 0 Å². The van der Waals surface area contributed by atoms with Crippen LogP contribution >= 0.6 is 0 Å². The Balaban J connectivity index is 1.35. The van der Waals surface area contributed by atoms with E-state index < -0.39 is 36.2 Å². The highest BCUT2D eigenvalue weighted by molar-refractivity contribution is 5.86. The van der Waals surface area contributed by atoms with E-state index in [-0.39, 0.29) is 58.4 Å². The van der Waals surface area contributed by atoms with Crippen LogP contribution in [0.5, 0.6) is 17.5 Å². The number of alkyl halides is 3. The Kier molecular flexibility index (Phi) is 5.51. The molecule has 0 amide bonds. The average Bonchev–Trinajstić information content (AvgIpc) is 3.54. The first-order valence-corrected chi connectivity index (χ1v) is 11.5. The van der Waals surface area contributed by atoms with Crippen molar-refractivity contribution in [3.63, 3.8) is 0 Å². The molecular weight excluding hydrogens is 493 g/mol. The zero-order valence-corrected chi connectivity index (χ0v) is 19.1. The summed E-state index contributed by atoms with van der Waals surface area (Å²) >= 11 is 0. The van der Waals surface area contributed by atoms with Gasteiger partial charge in [0.1, 0.15) is 29.8 Å². The highest BCUT2D eigenvalue weighted by atomic mass is 19.4. The van der Waals surface area contributed by atoms with E-state index in [2.05, 4.69) is 9.97 Å². The third-order valence-electron chi connectivity index (χ3n) is 6.65. The first-order valence-electron chi connectivity index (χ1n) is 11.5. The van der Waals surface area contributed by atoms with E-state index in [1.54, 1.807) is 0 Å². The maximum Gasteiger partial charge on any atom is 0.417 e. The molecule has 192 valence electrons. The van der Waals surface area contributed by atoms with Gasteiger partial charge in [0.05, 0.1) is 35.4 Å². The van der Waals surface area contributed by atoms with Crippen LogP contribution in [0.1, 0.15) is 5.56 Å². The van der Waals surface area contributed by atoms with Crippen LogP contribution < -0.4 is 4.74 Å². The summed E-state index contributed by atoms with van der Waals surface area (Å²) in [4.78, 5) is 7.11. The number of halogens is 3. The predicted molar refractivity (Wildman–Crippen MR) is 125 cm³/mol. The average molecular weight is 514 g/mol. The van der Waals surface area contributed by atoms with Crippen LogP contribution in [-0.4, -0.2) is 62.9 Å². The number of phenolic OH excluding ortho intramolecular Hbond substituents is 2. The molecule has 0 bridgehead atoms. The quantitative estimate of drug-likeness (QED) is 0.322. The van der Waals surface area contributed by atoms with Crippen molar-refractivity contribution in [3.8, 4) is 39.8 Å². The molecule has 4 atom stereocenters. The van der Waals surface area contributed by atoms with Gasteiger partial charge in [0.15, 0.2) is 6.10 Å². The number of aliphatic hydroxyl groups excluding tert-OH is 1. The lowest BCUT2D eigenvalue weighted by Gasteiger charge is -2.15. The molecule has 0 saturated carbocycles. The third-order valence-corrected chi connectivity index (χ3v) is 6.65. The van der Waals surface area contributed by atoms with Gasteiger partial charge in [-0.3, -0.25) is 0 Å². The van der Waals surface area contributed by atoms with E-state index >= 15 is 0 Å². The van der Waals surface area contributed by atoms with Crippen molar-refractivity contribution >= 4 is 11.0 Å². The van der Waals surface area contributed by atoms with Gasteiger partial charge in [-0.2, -0.15) is 18.2 Å². The molecule has 37 heavy (non-hydrogen) atoms. The lowest BCUT2D eigenvalue weighted by molar-refractivity contribution is -0.137. The largest absolute Gasteiger partial charge is 0.507 e. The van der Waals surface area contributed by atoms with Gasteiger partial charge in [-0.05, 0) is 41.0 Å². The van der Waals surface area contributed by atoms with Crippen molar-refractivity contribution in [2.75, 3.05) is 13.2 Å². The molecule has 1 aromatic heterocycles. The summed E-state index contributed by atoms with van der Waals surface area (Å²) in [6, 6.07) is 12.7. The topological polar surface area (TPSA) is 117 Å². The fourth-order valence-corrected chi connectivity index (χ4v) is 4.89. The fourth-order valence-electron chi connectivity index (χ4n) is 4.89. The van der Waals surface area contributed by atoms with Gasteiger partial charge in [-0.25, -0.2) is 0 Å². The van der Waals surface area contributed by atoms with Gasteiger partial charge in [0, 0.05) is 0 Å². The van der Waals surface area contributed by atoms with Crippen LogP contribution in [0.15, 0.2) is 54.6 Å². The number of nitrogens with one attached hydrogen (secondary N) is 1. The lowest BCUT2D eigenvalue weighted by Crippen LogP contribution is -2.34. The molecule has 2 fully saturated rings. The molecule has 0 aliphatic carbocycles. The van der Waals surface area contributed by atoms with Crippen LogP contribution in [0.3, 0.4) is 0 Å². The predicted octanol–water partition coefficient (Wildman–Crippen LogP) is 4.23. The smallest absolute Gasteiger partial charge is 0.417 e. The van der Waals surface area contributed by atoms with Crippen molar-refractivity contribution in [2.45, 2.75) is 30.6 Å². The third kappa shape index (κ3) is 4.14. The van der Waals surface area contributed by atoms with Gasteiger partial charge in [0.2, 0.25) is 0 Å². The number of hydrogen-bond acceptors (Lipinski definition) is 7. The van der Waals surface area contributed by atoms with E-state index in [0.717, 1.165) is 6.07 Å². The normalized spacial score (nSPS) is 23.5. The molecule has 11 heteroatoms. The Morgan fingerprint density at radius 3 is 2.30 bits per heavy atom. The number of ether oxygens (including phenoxy) is 3. The Morgan fingerprint density at radius 1 is 0.919 bits per heavy atom. The first-order chi connectivity index (χ1) is 17.7. The van der Waals surface area contributed by atoms with E-state index in [9.17, 15) is 28.5 Å². The number of hydrogen-bond donors (Lipinski definition) is 4. The molecule has 0 unspecified atom stereocenters. The number of phenols is 2.